The fraction of sp³-hybridized carbons (Fsp3) is 0.267. The summed E-state index contributed by atoms with van der Waals surface area (Å²) >= 11 is 1.58. The lowest BCUT2D eigenvalue weighted by Crippen LogP contribution is -2.19. The van der Waals surface area contributed by atoms with E-state index in [9.17, 15) is 4.39 Å². The van der Waals surface area contributed by atoms with E-state index >= 15 is 0 Å². The molecule has 0 aliphatic carbocycles. The summed E-state index contributed by atoms with van der Waals surface area (Å²) in [7, 11) is 0. The highest BCUT2D eigenvalue weighted by molar-refractivity contribution is 7.15. The number of thiazole rings is 1. The number of rotatable bonds is 5. The third kappa shape index (κ3) is 2.52. The van der Waals surface area contributed by atoms with Gasteiger partial charge in [0.2, 0.25) is 0 Å². The minimum absolute atomic E-state index is 0.243. The van der Waals surface area contributed by atoms with Crippen LogP contribution >= 0.6 is 11.3 Å². The molecule has 3 aromatic rings. The Morgan fingerprint density at radius 1 is 1.43 bits per heavy atom. The van der Waals surface area contributed by atoms with E-state index in [1.165, 1.54) is 12.1 Å². The zero-order chi connectivity index (χ0) is 14.8. The van der Waals surface area contributed by atoms with Gasteiger partial charge in [-0.1, -0.05) is 6.07 Å². The molecule has 0 aliphatic rings. The second kappa shape index (κ2) is 5.83. The van der Waals surface area contributed by atoms with E-state index in [0.717, 1.165) is 28.6 Å². The lowest BCUT2D eigenvalue weighted by atomic mass is 10.2. The normalized spacial score (nSPS) is 11.2. The Morgan fingerprint density at radius 2 is 2.29 bits per heavy atom. The van der Waals surface area contributed by atoms with E-state index in [0.29, 0.717) is 13.1 Å². The van der Waals surface area contributed by atoms with E-state index in [-0.39, 0.29) is 5.82 Å². The molecule has 0 saturated carbocycles. The maximum Gasteiger partial charge on any atom is 0.195 e. The Hall–Kier alpha value is -1.92. The fourth-order valence-electron chi connectivity index (χ4n) is 2.50. The number of imidazole rings is 1. The van der Waals surface area contributed by atoms with Crippen molar-refractivity contribution in [1.82, 2.24) is 9.38 Å². The number of anilines is 2. The van der Waals surface area contributed by atoms with Gasteiger partial charge in [0.1, 0.15) is 5.82 Å². The van der Waals surface area contributed by atoms with Gasteiger partial charge in [0, 0.05) is 30.2 Å². The smallest absolute Gasteiger partial charge is 0.195 e. The Balaban J connectivity index is 2.12. The molecule has 0 atom stereocenters. The van der Waals surface area contributed by atoms with E-state index in [1.54, 1.807) is 17.4 Å². The van der Waals surface area contributed by atoms with Crippen LogP contribution in [-0.2, 0) is 6.42 Å². The number of hydrogen-bond donors (Lipinski definition) is 1. The van der Waals surface area contributed by atoms with Crippen LogP contribution in [0.25, 0.3) is 4.96 Å². The number of aromatic nitrogens is 2. The predicted molar refractivity (Wildman–Crippen MR) is 84.9 cm³/mol. The molecule has 2 heterocycles. The van der Waals surface area contributed by atoms with Crippen LogP contribution in [0.1, 0.15) is 12.6 Å². The lowest BCUT2D eigenvalue weighted by Gasteiger charge is -2.22. The van der Waals surface area contributed by atoms with Crippen molar-refractivity contribution in [2.45, 2.75) is 13.3 Å². The third-order valence-electron chi connectivity index (χ3n) is 3.41. The summed E-state index contributed by atoms with van der Waals surface area (Å²) in [5, 5.41) is 2.00. The standard InChI is InChI=1S/C15H17FN4S/c1-2-19(12-5-3-4-11(16)10-12)14-13(6-7-17)20-8-9-21-15(20)18-14/h3-5,8-10H,2,6-7,17H2,1H3. The van der Waals surface area contributed by atoms with Gasteiger partial charge < -0.3 is 10.6 Å². The molecular weight excluding hydrogens is 287 g/mol. The highest BCUT2D eigenvalue weighted by Crippen LogP contribution is 2.30. The van der Waals surface area contributed by atoms with E-state index in [1.807, 2.05) is 29.5 Å². The molecule has 21 heavy (non-hydrogen) atoms. The number of nitrogens with zero attached hydrogens (tertiary/aromatic N) is 3. The number of halogens is 1. The van der Waals surface area contributed by atoms with Crippen LogP contribution in [0.5, 0.6) is 0 Å². The van der Waals surface area contributed by atoms with Gasteiger partial charge in [-0.25, -0.2) is 9.37 Å². The molecule has 0 aliphatic heterocycles. The Kier molecular flexibility index (Phi) is 3.90. The molecule has 0 fully saturated rings. The molecule has 2 aromatic heterocycles. The van der Waals surface area contributed by atoms with Crippen molar-refractivity contribution in [2.75, 3.05) is 18.0 Å². The first-order valence-corrected chi connectivity index (χ1v) is 7.80. The van der Waals surface area contributed by atoms with Crippen molar-refractivity contribution >= 4 is 27.8 Å². The molecule has 6 heteroatoms. The molecule has 4 nitrogen and oxygen atoms in total. The summed E-state index contributed by atoms with van der Waals surface area (Å²) in [6.07, 6.45) is 2.74. The van der Waals surface area contributed by atoms with Crippen LogP contribution in [0.3, 0.4) is 0 Å². The molecule has 1 aromatic carbocycles. The van der Waals surface area contributed by atoms with E-state index in [4.69, 9.17) is 10.7 Å². The first kappa shape index (κ1) is 14.0. The van der Waals surface area contributed by atoms with Gasteiger partial charge in [-0.2, -0.15) is 0 Å². The molecule has 0 unspecified atom stereocenters. The van der Waals surface area contributed by atoms with Crippen LogP contribution < -0.4 is 10.6 Å². The summed E-state index contributed by atoms with van der Waals surface area (Å²) in [5.74, 6) is 0.618. The minimum atomic E-state index is -0.243. The highest BCUT2D eigenvalue weighted by atomic mass is 32.1. The van der Waals surface area contributed by atoms with Crippen LogP contribution in [0, 0.1) is 5.82 Å². The predicted octanol–water partition coefficient (Wildman–Crippen LogP) is 3.19. The van der Waals surface area contributed by atoms with Gasteiger partial charge in [-0.3, -0.25) is 4.40 Å². The van der Waals surface area contributed by atoms with Crippen molar-refractivity contribution in [2.24, 2.45) is 5.73 Å². The van der Waals surface area contributed by atoms with E-state index in [2.05, 4.69) is 4.40 Å². The molecule has 0 amide bonds. The molecule has 0 radical (unpaired) electrons. The summed E-state index contributed by atoms with van der Waals surface area (Å²) in [6.45, 7) is 3.30. The van der Waals surface area contributed by atoms with E-state index < -0.39 is 0 Å². The third-order valence-corrected chi connectivity index (χ3v) is 4.17. The van der Waals surface area contributed by atoms with Crippen LogP contribution in [0.4, 0.5) is 15.9 Å². The second-order valence-electron chi connectivity index (χ2n) is 4.70. The fourth-order valence-corrected chi connectivity index (χ4v) is 3.23. The Labute approximate surface area is 126 Å². The van der Waals surface area contributed by atoms with Crippen LogP contribution in [0.2, 0.25) is 0 Å². The molecule has 3 rings (SSSR count). The minimum Gasteiger partial charge on any atom is -0.330 e. The van der Waals surface area contributed by atoms with Crippen molar-refractivity contribution < 1.29 is 4.39 Å². The lowest BCUT2D eigenvalue weighted by molar-refractivity contribution is 0.627. The van der Waals surface area contributed by atoms with Crippen molar-refractivity contribution in [1.29, 1.82) is 0 Å². The Bertz CT molecular complexity index is 749. The number of nitrogens with two attached hydrogens (primary N) is 1. The van der Waals surface area contributed by atoms with Crippen molar-refractivity contribution in [3.63, 3.8) is 0 Å². The average molecular weight is 304 g/mol. The molecule has 0 saturated heterocycles. The average Bonchev–Trinajstić information content (AvgIpc) is 3.04. The maximum atomic E-state index is 13.5. The summed E-state index contributed by atoms with van der Waals surface area (Å²) in [6, 6.07) is 6.59. The largest absolute Gasteiger partial charge is 0.330 e. The monoisotopic (exact) mass is 304 g/mol. The SMILES string of the molecule is CCN(c1cccc(F)c1)c1nc2sccn2c1CCN. The zero-order valence-corrected chi connectivity index (χ0v) is 12.6. The van der Waals surface area contributed by atoms with Gasteiger partial charge >= 0.3 is 0 Å². The van der Waals surface area contributed by atoms with Crippen LogP contribution in [0.15, 0.2) is 35.8 Å². The summed E-state index contributed by atoms with van der Waals surface area (Å²) < 4.78 is 15.6. The molecule has 2 N–H and O–H groups in total. The molecule has 0 spiro atoms. The second-order valence-corrected chi connectivity index (χ2v) is 5.57. The molecular formula is C15H17FN4S. The van der Waals surface area contributed by atoms with Gasteiger partial charge in [0.15, 0.2) is 10.8 Å². The molecule has 110 valence electrons. The summed E-state index contributed by atoms with van der Waals surface area (Å²) in [5.41, 5.74) is 7.61. The zero-order valence-electron chi connectivity index (χ0n) is 11.8. The molecule has 0 bridgehead atoms. The van der Waals surface area contributed by atoms with Crippen molar-refractivity contribution in [3.8, 4) is 0 Å². The topological polar surface area (TPSA) is 46.6 Å². The van der Waals surface area contributed by atoms with Gasteiger partial charge in [-0.05, 0) is 31.7 Å². The number of fused-ring (bicyclic) bond motifs is 1. The first-order valence-electron chi connectivity index (χ1n) is 6.92. The quantitative estimate of drug-likeness (QED) is 0.787. The van der Waals surface area contributed by atoms with Gasteiger partial charge in [0.05, 0.1) is 5.69 Å². The number of benzene rings is 1. The maximum absolute atomic E-state index is 13.5. The summed E-state index contributed by atoms with van der Waals surface area (Å²) in [4.78, 5) is 7.65. The highest BCUT2D eigenvalue weighted by Gasteiger charge is 2.19. The Morgan fingerprint density at radius 3 is 3.00 bits per heavy atom. The first-order chi connectivity index (χ1) is 10.2. The van der Waals surface area contributed by atoms with Gasteiger partial charge in [0.25, 0.3) is 0 Å². The van der Waals surface area contributed by atoms with Crippen molar-refractivity contribution in [3.05, 3.63) is 47.4 Å². The number of hydrogen-bond acceptors (Lipinski definition) is 4. The van der Waals surface area contributed by atoms with Gasteiger partial charge in [-0.15, -0.1) is 11.3 Å². The van der Waals surface area contributed by atoms with Crippen LogP contribution in [-0.4, -0.2) is 22.5 Å².